The molecule has 3 rings (SSSR count). The molecule has 154 valence electrons. The van der Waals surface area contributed by atoms with Crippen molar-refractivity contribution in [2.75, 3.05) is 39.8 Å². The molecule has 2 aromatic carbocycles. The van der Waals surface area contributed by atoms with Crippen molar-refractivity contribution in [1.29, 1.82) is 0 Å². The summed E-state index contributed by atoms with van der Waals surface area (Å²) < 4.78 is 16.0. The zero-order valence-corrected chi connectivity index (χ0v) is 17.2. The lowest BCUT2D eigenvalue weighted by atomic mass is 10.1. The van der Waals surface area contributed by atoms with Crippen LogP contribution in [0.25, 0.3) is 0 Å². The lowest BCUT2D eigenvalue weighted by Gasteiger charge is -2.35. The molecular weight excluding hydrogens is 372 g/mol. The normalized spacial score (nSPS) is 15.7. The Balaban J connectivity index is 1.95. The van der Waals surface area contributed by atoms with Crippen molar-refractivity contribution in [2.45, 2.75) is 19.1 Å². The van der Waals surface area contributed by atoms with Crippen molar-refractivity contribution in [3.05, 3.63) is 53.6 Å². The largest absolute Gasteiger partial charge is 0.497 e. The number of hydrogen-bond acceptors (Lipinski definition) is 6. The number of amides is 1. The number of methoxy groups -OCH3 is 2. The lowest BCUT2D eigenvalue weighted by molar-refractivity contribution is -0.126. The maximum absolute atomic E-state index is 13.2. The molecule has 0 N–H and O–H groups in total. The van der Waals surface area contributed by atoms with Gasteiger partial charge in [-0.05, 0) is 50.0 Å². The standard InChI is InChI=1S/C22H26N2O5/c1-23(2)12-11-20-21(25)24(14-15-5-8-17(27-3)9-6-15)18-13-16(22(26)28-4)7-10-19(18)29-20/h5-10,13,20H,11-12,14H2,1-4H3. The van der Waals surface area contributed by atoms with Gasteiger partial charge in [0, 0.05) is 13.0 Å². The molecule has 0 aliphatic carbocycles. The van der Waals surface area contributed by atoms with Crippen molar-refractivity contribution >= 4 is 17.6 Å². The maximum atomic E-state index is 13.2. The summed E-state index contributed by atoms with van der Waals surface area (Å²) in [4.78, 5) is 28.9. The number of esters is 1. The van der Waals surface area contributed by atoms with Crippen LogP contribution in [-0.2, 0) is 16.1 Å². The summed E-state index contributed by atoms with van der Waals surface area (Å²) >= 11 is 0. The van der Waals surface area contributed by atoms with Crippen LogP contribution >= 0.6 is 0 Å². The second kappa shape index (κ2) is 8.96. The van der Waals surface area contributed by atoms with Crippen LogP contribution in [0.15, 0.2) is 42.5 Å². The van der Waals surface area contributed by atoms with Crippen LogP contribution in [0.1, 0.15) is 22.3 Å². The average Bonchev–Trinajstić information content (AvgIpc) is 2.74. The first-order chi connectivity index (χ1) is 13.9. The number of carbonyl (C=O) groups excluding carboxylic acids is 2. The Hall–Kier alpha value is -3.06. The minimum atomic E-state index is -0.577. The molecule has 7 heteroatoms. The molecule has 29 heavy (non-hydrogen) atoms. The van der Waals surface area contributed by atoms with Crippen molar-refractivity contribution in [2.24, 2.45) is 0 Å². The number of nitrogens with zero attached hydrogens (tertiary/aromatic N) is 2. The van der Waals surface area contributed by atoms with Crippen LogP contribution in [-0.4, -0.2) is 57.7 Å². The first kappa shape index (κ1) is 20.7. The molecule has 1 heterocycles. The zero-order chi connectivity index (χ0) is 21.0. The summed E-state index contributed by atoms with van der Waals surface area (Å²) in [5.74, 6) is 0.741. The molecule has 0 saturated carbocycles. The number of hydrogen-bond donors (Lipinski definition) is 0. The fraction of sp³-hybridized carbons (Fsp3) is 0.364. The molecule has 1 aliphatic heterocycles. The summed E-state index contributed by atoms with van der Waals surface area (Å²) in [5.41, 5.74) is 1.88. The van der Waals surface area contributed by atoms with Gasteiger partial charge in [0.15, 0.2) is 6.10 Å². The molecule has 0 fully saturated rings. The number of benzene rings is 2. The minimum absolute atomic E-state index is 0.128. The van der Waals surface area contributed by atoms with Gasteiger partial charge in [-0.3, -0.25) is 4.79 Å². The average molecular weight is 398 g/mol. The van der Waals surface area contributed by atoms with E-state index >= 15 is 0 Å². The van der Waals surface area contributed by atoms with Crippen LogP contribution in [0.4, 0.5) is 5.69 Å². The fourth-order valence-electron chi connectivity index (χ4n) is 3.20. The van der Waals surface area contributed by atoms with E-state index in [0.29, 0.717) is 30.0 Å². The van der Waals surface area contributed by atoms with E-state index in [1.54, 1.807) is 30.2 Å². The fourth-order valence-corrected chi connectivity index (χ4v) is 3.20. The van der Waals surface area contributed by atoms with E-state index in [-0.39, 0.29) is 5.91 Å². The Morgan fingerprint density at radius 3 is 2.48 bits per heavy atom. The second-order valence-corrected chi connectivity index (χ2v) is 7.14. The molecule has 1 amide bonds. The van der Waals surface area contributed by atoms with Gasteiger partial charge in [-0.1, -0.05) is 12.1 Å². The zero-order valence-electron chi connectivity index (χ0n) is 17.2. The highest BCUT2D eigenvalue weighted by Gasteiger charge is 2.35. The summed E-state index contributed by atoms with van der Waals surface area (Å²) in [6.45, 7) is 1.09. The molecule has 0 radical (unpaired) electrons. The predicted molar refractivity (Wildman–Crippen MR) is 110 cm³/mol. The second-order valence-electron chi connectivity index (χ2n) is 7.14. The van der Waals surface area contributed by atoms with Gasteiger partial charge in [0.05, 0.1) is 32.0 Å². The Morgan fingerprint density at radius 1 is 1.14 bits per heavy atom. The smallest absolute Gasteiger partial charge is 0.337 e. The Labute approximate surface area is 170 Å². The minimum Gasteiger partial charge on any atom is -0.497 e. The molecule has 0 bridgehead atoms. The van der Waals surface area contributed by atoms with Gasteiger partial charge in [-0.15, -0.1) is 0 Å². The molecule has 1 atom stereocenters. The SMILES string of the molecule is COC(=O)c1ccc2c(c1)N(Cc1ccc(OC)cc1)C(=O)C(CCN(C)C)O2. The molecular formula is C22H26N2O5. The molecule has 1 aliphatic rings. The van der Waals surface area contributed by atoms with Crippen LogP contribution < -0.4 is 14.4 Å². The van der Waals surface area contributed by atoms with E-state index in [4.69, 9.17) is 14.2 Å². The number of anilines is 1. The Morgan fingerprint density at radius 2 is 1.86 bits per heavy atom. The summed E-state index contributed by atoms with van der Waals surface area (Å²) in [6, 6.07) is 12.6. The van der Waals surface area contributed by atoms with Crippen LogP contribution in [0.5, 0.6) is 11.5 Å². The van der Waals surface area contributed by atoms with Crippen molar-refractivity contribution in [3.8, 4) is 11.5 Å². The van der Waals surface area contributed by atoms with E-state index in [2.05, 4.69) is 0 Å². The van der Waals surface area contributed by atoms with E-state index in [9.17, 15) is 9.59 Å². The number of ether oxygens (including phenoxy) is 3. The van der Waals surface area contributed by atoms with Gasteiger partial charge in [0.2, 0.25) is 0 Å². The van der Waals surface area contributed by atoms with Crippen LogP contribution in [0.2, 0.25) is 0 Å². The van der Waals surface area contributed by atoms with Crippen LogP contribution in [0.3, 0.4) is 0 Å². The first-order valence-corrected chi connectivity index (χ1v) is 9.41. The monoisotopic (exact) mass is 398 g/mol. The van der Waals surface area contributed by atoms with E-state index in [0.717, 1.165) is 17.9 Å². The van der Waals surface area contributed by atoms with Crippen LogP contribution in [0, 0.1) is 0 Å². The molecule has 2 aromatic rings. The number of rotatable bonds is 7. The molecule has 1 unspecified atom stereocenters. The molecule has 0 aromatic heterocycles. The summed E-state index contributed by atoms with van der Waals surface area (Å²) in [5, 5.41) is 0. The van der Waals surface area contributed by atoms with Crippen molar-refractivity contribution in [3.63, 3.8) is 0 Å². The van der Waals surface area contributed by atoms with E-state index in [1.165, 1.54) is 7.11 Å². The van der Waals surface area contributed by atoms with Crippen molar-refractivity contribution < 1.29 is 23.8 Å². The predicted octanol–water partition coefficient (Wildman–Crippen LogP) is 2.73. The Bertz CT molecular complexity index is 879. The number of carbonyl (C=O) groups is 2. The van der Waals surface area contributed by atoms with Gasteiger partial charge in [-0.2, -0.15) is 0 Å². The number of fused-ring (bicyclic) bond motifs is 1. The lowest BCUT2D eigenvalue weighted by Crippen LogP contribution is -2.46. The highest BCUT2D eigenvalue weighted by Crippen LogP contribution is 2.37. The van der Waals surface area contributed by atoms with Gasteiger partial charge >= 0.3 is 5.97 Å². The summed E-state index contributed by atoms with van der Waals surface area (Å²) in [7, 11) is 6.86. The Kier molecular flexibility index (Phi) is 6.39. The van der Waals surface area contributed by atoms with Gasteiger partial charge in [0.1, 0.15) is 11.5 Å². The van der Waals surface area contributed by atoms with Gasteiger partial charge in [0.25, 0.3) is 5.91 Å². The molecule has 7 nitrogen and oxygen atoms in total. The van der Waals surface area contributed by atoms with E-state index in [1.807, 2.05) is 43.3 Å². The highest BCUT2D eigenvalue weighted by molar-refractivity contribution is 6.01. The van der Waals surface area contributed by atoms with Gasteiger partial charge in [-0.25, -0.2) is 4.79 Å². The highest BCUT2D eigenvalue weighted by atomic mass is 16.5. The third-order valence-electron chi connectivity index (χ3n) is 4.82. The molecule has 0 saturated heterocycles. The quantitative estimate of drug-likeness (QED) is 0.668. The maximum Gasteiger partial charge on any atom is 0.337 e. The first-order valence-electron chi connectivity index (χ1n) is 9.41. The van der Waals surface area contributed by atoms with Gasteiger partial charge < -0.3 is 24.0 Å². The third kappa shape index (κ3) is 4.68. The van der Waals surface area contributed by atoms with E-state index < -0.39 is 12.1 Å². The summed E-state index contributed by atoms with van der Waals surface area (Å²) in [6.07, 6.45) is -0.00418. The van der Waals surface area contributed by atoms with Crippen molar-refractivity contribution in [1.82, 2.24) is 4.90 Å². The molecule has 0 spiro atoms. The third-order valence-corrected chi connectivity index (χ3v) is 4.82. The topological polar surface area (TPSA) is 68.3 Å².